The summed E-state index contributed by atoms with van der Waals surface area (Å²) < 4.78 is 7.22. The van der Waals surface area contributed by atoms with Gasteiger partial charge in [0.05, 0.1) is 0 Å². The first-order valence-electron chi connectivity index (χ1n) is 11.0. The van der Waals surface area contributed by atoms with Gasteiger partial charge in [-0.05, 0) is 41.3 Å². The summed E-state index contributed by atoms with van der Waals surface area (Å²) in [6.07, 6.45) is 0. The highest BCUT2D eigenvalue weighted by atomic mass is 32.2. The lowest BCUT2D eigenvalue weighted by Gasteiger charge is -2.16. The van der Waals surface area contributed by atoms with E-state index in [2.05, 4.69) is 29.4 Å². The number of nitrogens with one attached hydrogen (secondary N) is 1. The van der Waals surface area contributed by atoms with Crippen molar-refractivity contribution >= 4 is 23.4 Å². The Balaban J connectivity index is 1.48. The Kier molecular flexibility index (Phi) is 7.49. The molecule has 4 aromatic rings. The van der Waals surface area contributed by atoms with Gasteiger partial charge in [0.2, 0.25) is 11.1 Å². The first kappa shape index (κ1) is 23.4. The van der Waals surface area contributed by atoms with E-state index in [1.54, 1.807) is 0 Å². The van der Waals surface area contributed by atoms with Gasteiger partial charge in [0.25, 0.3) is 0 Å². The van der Waals surface area contributed by atoms with Crippen LogP contribution < -0.4 is 15.9 Å². The molecule has 1 amide bonds. The third-order valence-electron chi connectivity index (χ3n) is 5.25. The number of amides is 1. The number of carbonyl (C=O) groups excluding carboxylic acids is 1. The van der Waals surface area contributed by atoms with Crippen LogP contribution in [0.3, 0.4) is 0 Å². The van der Waals surface area contributed by atoms with Gasteiger partial charge in [-0.25, -0.2) is 4.68 Å². The fourth-order valence-electron chi connectivity index (χ4n) is 3.32. The first-order chi connectivity index (χ1) is 16.5. The fraction of sp³-hybridized carbons (Fsp3) is 0.192. The lowest BCUT2D eigenvalue weighted by molar-refractivity contribution is -0.115. The van der Waals surface area contributed by atoms with Gasteiger partial charge in [0.15, 0.2) is 5.82 Å². The number of nitrogens with zero attached hydrogens (tertiary/aromatic N) is 3. The van der Waals surface area contributed by atoms with Crippen LogP contribution in [0.2, 0.25) is 0 Å². The number of ether oxygens (including phenoxy) is 1. The monoisotopic (exact) mass is 473 g/mol. The zero-order valence-corrected chi connectivity index (χ0v) is 19.9. The van der Waals surface area contributed by atoms with Crippen molar-refractivity contribution in [1.29, 1.82) is 0 Å². The van der Waals surface area contributed by atoms with E-state index < -0.39 is 5.25 Å². The molecule has 4 rings (SSSR count). The molecule has 0 bridgehead atoms. The number of anilines is 1. The van der Waals surface area contributed by atoms with E-state index in [1.807, 2.05) is 84.9 Å². The second-order valence-corrected chi connectivity index (χ2v) is 9.12. The summed E-state index contributed by atoms with van der Waals surface area (Å²) in [5.41, 5.74) is 2.81. The fourth-order valence-corrected chi connectivity index (χ4v) is 4.30. The second kappa shape index (κ2) is 10.9. The van der Waals surface area contributed by atoms with Crippen molar-refractivity contribution in [3.63, 3.8) is 0 Å². The smallest absolute Gasteiger partial charge is 0.242 e. The van der Waals surface area contributed by atoms with Crippen LogP contribution in [-0.4, -0.2) is 20.8 Å². The maximum Gasteiger partial charge on any atom is 0.242 e. The van der Waals surface area contributed by atoms with Gasteiger partial charge in [-0.2, -0.15) is 0 Å². The van der Waals surface area contributed by atoms with E-state index >= 15 is 0 Å². The van der Waals surface area contributed by atoms with Gasteiger partial charge in [0, 0.05) is 5.69 Å². The summed E-state index contributed by atoms with van der Waals surface area (Å²) in [7, 11) is 0. The Labute approximate surface area is 203 Å². The summed E-state index contributed by atoms with van der Waals surface area (Å²) in [5.74, 6) is 7.74. The summed E-state index contributed by atoms with van der Waals surface area (Å²) in [4.78, 5) is 13.2. The highest BCUT2D eigenvalue weighted by Gasteiger charge is 2.25. The van der Waals surface area contributed by atoms with E-state index in [-0.39, 0.29) is 12.5 Å². The molecule has 0 fully saturated rings. The molecule has 7 nitrogen and oxygen atoms in total. The van der Waals surface area contributed by atoms with Crippen molar-refractivity contribution < 1.29 is 9.53 Å². The van der Waals surface area contributed by atoms with Gasteiger partial charge in [-0.3, -0.25) is 4.79 Å². The summed E-state index contributed by atoms with van der Waals surface area (Å²) in [6.45, 7) is 4.46. The van der Waals surface area contributed by atoms with E-state index in [4.69, 9.17) is 10.6 Å². The predicted molar refractivity (Wildman–Crippen MR) is 135 cm³/mol. The molecule has 0 unspecified atom stereocenters. The number of carbonyl (C=O) groups is 1. The van der Waals surface area contributed by atoms with Crippen LogP contribution in [0.1, 0.15) is 42.0 Å². The number of thioether (sulfide) groups is 1. The average Bonchev–Trinajstić information content (AvgIpc) is 3.21. The maximum absolute atomic E-state index is 13.2. The number of para-hydroxylation sites is 1. The minimum absolute atomic E-state index is 0.164. The van der Waals surface area contributed by atoms with E-state index in [1.165, 1.54) is 22.0 Å². The SMILES string of the molecule is CC(C)c1ccc(OCc2nnc(S[C@H](C(=O)Nc3ccccc3)c3ccccc3)n2N)cc1. The molecule has 174 valence electrons. The molecule has 1 heterocycles. The Bertz CT molecular complexity index is 1210. The van der Waals surface area contributed by atoms with Crippen molar-refractivity contribution in [2.75, 3.05) is 11.2 Å². The molecule has 1 aromatic heterocycles. The maximum atomic E-state index is 13.2. The summed E-state index contributed by atoms with van der Waals surface area (Å²) in [6, 6.07) is 26.8. The van der Waals surface area contributed by atoms with Crippen LogP contribution in [0.25, 0.3) is 0 Å². The molecule has 34 heavy (non-hydrogen) atoms. The van der Waals surface area contributed by atoms with Crippen molar-refractivity contribution in [3.05, 3.63) is 102 Å². The predicted octanol–water partition coefficient (Wildman–Crippen LogP) is 5.17. The molecule has 0 spiro atoms. The summed E-state index contributed by atoms with van der Waals surface area (Å²) in [5, 5.41) is 11.2. The molecule has 3 aromatic carbocycles. The number of aromatic nitrogens is 3. The van der Waals surface area contributed by atoms with Gasteiger partial charge in [0.1, 0.15) is 17.6 Å². The molecular formula is C26H27N5O2S. The zero-order valence-electron chi connectivity index (χ0n) is 19.1. The number of hydrogen-bond donors (Lipinski definition) is 2. The second-order valence-electron chi connectivity index (χ2n) is 8.05. The quantitative estimate of drug-likeness (QED) is 0.257. The Morgan fingerprint density at radius 2 is 1.59 bits per heavy atom. The van der Waals surface area contributed by atoms with Crippen molar-refractivity contribution in [2.24, 2.45) is 0 Å². The lowest BCUT2D eigenvalue weighted by atomic mass is 10.0. The molecular weight excluding hydrogens is 446 g/mol. The minimum atomic E-state index is -0.565. The largest absolute Gasteiger partial charge is 0.486 e. The van der Waals surface area contributed by atoms with E-state index in [0.29, 0.717) is 16.9 Å². The highest BCUT2D eigenvalue weighted by Crippen LogP contribution is 2.35. The minimum Gasteiger partial charge on any atom is -0.486 e. The van der Waals surface area contributed by atoms with Gasteiger partial charge >= 0.3 is 0 Å². The normalized spacial score (nSPS) is 11.9. The van der Waals surface area contributed by atoms with Crippen LogP contribution in [0.15, 0.2) is 90.1 Å². The van der Waals surface area contributed by atoms with Crippen LogP contribution in [0.4, 0.5) is 5.69 Å². The number of nitrogens with two attached hydrogens (primary N) is 1. The van der Waals surface area contributed by atoms with Crippen molar-refractivity contribution in [3.8, 4) is 5.75 Å². The van der Waals surface area contributed by atoms with E-state index in [9.17, 15) is 4.79 Å². The topological polar surface area (TPSA) is 95.1 Å². The number of rotatable bonds is 9. The molecule has 3 N–H and O–H groups in total. The third-order valence-corrected chi connectivity index (χ3v) is 6.47. The van der Waals surface area contributed by atoms with Gasteiger partial charge < -0.3 is 15.9 Å². The van der Waals surface area contributed by atoms with Crippen LogP contribution in [0, 0.1) is 0 Å². The van der Waals surface area contributed by atoms with E-state index in [0.717, 1.165) is 17.0 Å². The standard InChI is InChI=1S/C26H27N5O2S/c1-18(2)19-13-15-22(16-14-19)33-17-23-29-30-26(31(23)27)34-24(20-9-5-3-6-10-20)25(32)28-21-11-7-4-8-12-21/h3-16,18,24H,17,27H2,1-2H3,(H,28,32)/t24-/m0/s1. The van der Waals surface area contributed by atoms with Crippen molar-refractivity contribution in [1.82, 2.24) is 14.9 Å². The van der Waals surface area contributed by atoms with Gasteiger partial charge in [-0.15, -0.1) is 10.2 Å². The molecule has 0 aliphatic heterocycles. The Hall–Kier alpha value is -3.78. The molecule has 8 heteroatoms. The van der Waals surface area contributed by atoms with Crippen molar-refractivity contribution in [2.45, 2.75) is 36.8 Å². The molecule has 0 saturated heterocycles. The van der Waals surface area contributed by atoms with Crippen LogP contribution >= 0.6 is 11.8 Å². The number of benzene rings is 3. The molecule has 0 aliphatic rings. The first-order valence-corrected chi connectivity index (χ1v) is 11.9. The zero-order chi connectivity index (χ0) is 23.9. The third kappa shape index (κ3) is 5.77. The molecule has 0 radical (unpaired) electrons. The molecule has 0 aliphatic carbocycles. The lowest BCUT2D eigenvalue weighted by Crippen LogP contribution is -2.21. The molecule has 0 saturated carbocycles. The van der Waals surface area contributed by atoms with Crippen LogP contribution in [-0.2, 0) is 11.4 Å². The number of hydrogen-bond acceptors (Lipinski definition) is 6. The van der Waals surface area contributed by atoms with Crippen LogP contribution in [0.5, 0.6) is 5.75 Å². The van der Waals surface area contributed by atoms with Gasteiger partial charge in [-0.1, -0.05) is 86.3 Å². The Morgan fingerprint density at radius 1 is 0.941 bits per heavy atom. The highest BCUT2D eigenvalue weighted by molar-refractivity contribution is 8.00. The number of nitrogen functional groups attached to an aromatic ring is 1. The summed E-state index contributed by atoms with van der Waals surface area (Å²) >= 11 is 1.24. The average molecular weight is 474 g/mol. The Morgan fingerprint density at radius 3 is 2.24 bits per heavy atom. The molecule has 1 atom stereocenters.